The van der Waals surface area contributed by atoms with Crippen LogP contribution in [0.4, 0.5) is 0 Å². The van der Waals surface area contributed by atoms with Crippen LogP contribution < -0.4 is 5.11 Å². The first-order valence-electron chi connectivity index (χ1n) is 2.05. The van der Waals surface area contributed by atoms with Crippen molar-refractivity contribution in [3.8, 4) is 0 Å². The molecule has 1 rings (SSSR count). The normalized spacial score (nSPS) is 8.00. The van der Waals surface area contributed by atoms with Gasteiger partial charge in [0.1, 0.15) is 0 Å². The topological polar surface area (TPSA) is 40.1 Å². The predicted molar refractivity (Wildman–Crippen MR) is 28.6 cm³/mol. The molecule has 1 heterocycles. The van der Waals surface area contributed by atoms with Gasteiger partial charge in [-0.05, 0) is 11.4 Å². The Balaban J connectivity index is 0.000000640. The van der Waals surface area contributed by atoms with Crippen LogP contribution in [0.15, 0.2) is 17.5 Å². The van der Waals surface area contributed by atoms with E-state index in [1.165, 1.54) is 17.4 Å². The van der Waals surface area contributed by atoms with Gasteiger partial charge < -0.3 is 9.90 Å². The van der Waals surface area contributed by atoms with Crippen molar-refractivity contribution in [2.75, 3.05) is 0 Å². The van der Waals surface area contributed by atoms with Crippen LogP contribution in [0.2, 0.25) is 0 Å². The van der Waals surface area contributed by atoms with Crippen molar-refractivity contribution in [1.82, 2.24) is 0 Å². The molecule has 0 amide bonds. The van der Waals surface area contributed by atoms with Crippen molar-refractivity contribution in [3.05, 3.63) is 22.4 Å². The smallest absolute Gasteiger partial charge is 0.544 e. The van der Waals surface area contributed by atoms with Gasteiger partial charge in [-0.2, -0.15) is 0 Å². The molecule has 1 aromatic heterocycles. The van der Waals surface area contributed by atoms with Gasteiger partial charge in [-0.3, -0.25) is 0 Å². The number of carbonyl (C=O) groups excluding carboxylic acids is 1. The number of aromatic carboxylic acids is 1. The van der Waals surface area contributed by atoms with E-state index in [4.69, 9.17) is 0 Å². The summed E-state index contributed by atoms with van der Waals surface area (Å²) in [6.07, 6.45) is 0. The van der Waals surface area contributed by atoms with Crippen LogP contribution in [0.1, 0.15) is 9.67 Å². The van der Waals surface area contributed by atoms with Crippen LogP contribution in [0.3, 0.4) is 0 Å². The Morgan fingerprint density at radius 1 is 1.67 bits per heavy atom. The van der Waals surface area contributed by atoms with Crippen LogP contribution in [0.5, 0.6) is 0 Å². The van der Waals surface area contributed by atoms with Gasteiger partial charge in [0.2, 0.25) is 0 Å². The summed E-state index contributed by atoms with van der Waals surface area (Å²) in [6.45, 7) is 0. The molecule has 0 aliphatic rings. The van der Waals surface area contributed by atoms with E-state index in [9.17, 15) is 9.90 Å². The minimum atomic E-state index is -1.10. The molecule has 2 nitrogen and oxygen atoms in total. The summed E-state index contributed by atoms with van der Waals surface area (Å²) >= 11 is 1.17. The second-order valence-corrected chi connectivity index (χ2v) is 2.21. The summed E-state index contributed by atoms with van der Waals surface area (Å²) in [5.41, 5.74) is 0. The fraction of sp³-hybridized carbons (Fsp3) is 0. The zero-order chi connectivity index (χ0) is 5.98. The Morgan fingerprint density at radius 2 is 2.33 bits per heavy atom. The van der Waals surface area contributed by atoms with E-state index in [0.29, 0.717) is 0 Å². The third-order valence-corrected chi connectivity index (χ3v) is 1.57. The van der Waals surface area contributed by atoms with Crippen molar-refractivity contribution in [2.45, 2.75) is 0 Å². The molecule has 0 aliphatic heterocycles. The molecule has 4 heteroatoms. The molecule has 0 spiro atoms. The summed E-state index contributed by atoms with van der Waals surface area (Å²) in [4.78, 5) is 10.2. The third kappa shape index (κ3) is 2.18. The molecule has 0 aliphatic carbocycles. The molecular weight excluding hydrogens is 188 g/mol. The van der Waals surface area contributed by atoms with E-state index in [2.05, 4.69) is 0 Å². The quantitative estimate of drug-likeness (QED) is 0.590. The average Bonchev–Trinajstić information content (AvgIpc) is 2.12. The summed E-state index contributed by atoms with van der Waals surface area (Å²) in [5.74, 6) is -1.10. The van der Waals surface area contributed by atoms with Gasteiger partial charge in [0, 0.05) is 4.88 Å². The summed E-state index contributed by atoms with van der Waals surface area (Å²) in [7, 11) is 0. The number of hydrogen-bond donors (Lipinski definition) is 0. The van der Waals surface area contributed by atoms with Gasteiger partial charge in [-0.15, -0.1) is 11.3 Å². The van der Waals surface area contributed by atoms with Crippen molar-refractivity contribution in [1.29, 1.82) is 0 Å². The Hall–Kier alpha value is -0.311. The summed E-state index contributed by atoms with van der Waals surface area (Å²) < 4.78 is 0. The first-order chi connectivity index (χ1) is 3.80. The fourth-order valence-electron chi connectivity index (χ4n) is 0.395. The monoisotopic (exact) mass is 190 g/mol. The van der Waals surface area contributed by atoms with E-state index in [-0.39, 0.29) is 21.9 Å². The maximum atomic E-state index is 9.96. The zero-order valence-corrected chi connectivity index (χ0v) is 6.02. The van der Waals surface area contributed by atoms with Gasteiger partial charge in [-0.1, -0.05) is 6.07 Å². The van der Waals surface area contributed by atoms with E-state index < -0.39 is 5.97 Å². The van der Waals surface area contributed by atoms with Gasteiger partial charge in [0.25, 0.3) is 0 Å². The van der Waals surface area contributed by atoms with Crippen molar-refractivity contribution in [2.24, 2.45) is 0 Å². The zero-order valence-electron chi connectivity index (χ0n) is 4.26. The number of thiophene rings is 1. The average molecular weight is 191 g/mol. The maximum absolute atomic E-state index is 9.96. The molecule has 0 atom stereocenters. The fourth-order valence-corrected chi connectivity index (χ4v) is 0.952. The number of carboxylic acid groups (broad SMARTS) is 1. The molecule has 51 valence electrons. The molecule has 1 aromatic rings. The molecule has 0 unspecified atom stereocenters. The Bertz CT molecular complexity index is 183. The van der Waals surface area contributed by atoms with Gasteiger partial charge >= 0.3 is 17.1 Å². The van der Waals surface area contributed by atoms with E-state index >= 15 is 0 Å². The van der Waals surface area contributed by atoms with Crippen LogP contribution in [-0.4, -0.2) is 5.97 Å². The Kier molecular flexibility index (Phi) is 3.54. The SMILES string of the molecule is O=C([O-])c1cccs1.[Cu+2]. The summed E-state index contributed by atoms with van der Waals surface area (Å²) in [6, 6.07) is 3.19. The molecule has 0 N–H and O–H groups in total. The third-order valence-electron chi connectivity index (χ3n) is 0.722. The molecule has 0 fully saturated rings. The molecule has 0 aromatic carbocycles. The van der Waals surface area contributed by atoms with Crippen molar-refractivity contribution < 1.29 is 27.0 Å². The Morgan fingerprint density at radius 3 is 2.56 bits per heavy atom. The number of carbonyl (C=O) groups is 1. The van der Waals surface area contributed by atoms with E-state index in [1.54, 1.807) is 11.4 Å². The molecule has 1 radical (unpaired) electrons. The second kappa shape index (κ2) is 3.67. The molecule has 0 saturated carbocycles. The largest absolute Gasteiger partial charge is 2.00 e. The van der Waals surface area contributed by atoms with Crippen LogP contribution in [0.25, 0.3) is 0 Å². The predicted octanol–water partition coefficient (Wildman–Crippen LogP) is 0.109. The Labute approximate surface area is 67.0 Å². The van der Waals surface area contributed by atoms with Gasteiger partial charge in [0.15, 0.2) is 0 Å². The molecular formula is C5H3CuO2S+. The number of carboxylic acids is 1. The summed E-state index contributed by atoms with van der Waals surface area (Å²) in [5, 5.41) is 11.7. The van der Waals surface area contributed by atoms with Crippen LogP contribution >= 0.6 is 11.3 Å². The minimum Gasteiger partial charge on any atom is -0.544 e. The van der Waals surface area contributed by atoms with Crippen molar-refractivity contribution >= 4 is 17.3 Å². The van der Waals surface area contributed by atoms with Crippen molar-refractivity contribution in [3.63, 3.8) is 0 Å². The standard InChI is InChI=1S/C5H4O2S.Cu/c6-5(7)4-2-1-3-8-4;/h1-3H,(H,6,7);/q;+2/p-1. The second-order valence-electron chi connectivity index (χ2n) is 1.26. The van der Waals surface area contributed by atoms with Crippen LogP contribution in [0, 0.1) is 0 Å². The molecule has 9 heavy (non-hydrogen) atoms. The van der Waals surface area contributed by atoms with Gasteiger partial charge in [0.05, 0.1) is 5.97 Å². The first kappa shape index (κ1) is 8.69. The number of rotatable bonds is 1. The van der Waals surface area contributed by atoms with E-state index in [1.807, 2.05) is 0 Å². The van der Waals surface area contributed by atoms with Crippen LogP contribution in [-0.2, 0) is 17.1 Å². The molecule has 0 saturated heterocycles. The minimum absolute atomic E-state index is 0. The number of hydrogen-bond acceptors (Lipinski definition) is 3. The molecule has 0 bridgehead atoms. The first-order valence-corrected chi connectivity index (χ1v) is 2.93. The van der Waals surface area contributed by atoms with Gasteiger partial charge in [-0.25, -0.2) is 0 Å². The van der Waals surface area contributed by atoms with E-state index in [0.717, 1.165) is 0 Å². The maximum Gasteiger partial charge on any atom is 2.00 e.